The SMILES string of the molecule is FC(F)(F)c1cc(OC[C@H]2CCCN2c2ncnc3[nH]cnc23)c2cc(Cl)ccc2n1. The smallest absolute Gasteiger partial charge is 0.433 e. The number of hydrogen-bond donors (Lipinski definition) is 1. The number of fused-ring (bicyclic) bond motifs is 2. The Hall–Kier alpha value is -3.14. The van der Waals surface area contributed by atoms with Gasteiger partial charge >= 0.3 is 6.18 Å². The molecule has 1 aromatic carbocycles. The van der Waals surface area contributed by atoms with Crippen LogP contribution >= 0.6 is 11.6 Å². The highest BCUT2D eigenvalue weighted by Gasteiger charge is 2.34. The van der Waals surface area contributed by atoms with Crippen LogP contribution in [-0.4, -0.2) is 44.1 Å². The summed E-state index contributed by atoms with van der Waals surface area (Å²) in [5.41, 5.74) is 0.442. The lowest BCUT2D eigenvalue weighted by atomic mass is 10.1. The minimum atomic E-state index is -4.59. The molecule has 1 N–H and O–H groups in total. The molecule has 0 amide bonds. The number of alkyl halides is 3. The van der Waals surface area contributed by atoms with Crippen molar-refractivity contribution in [1.29, 1.82) is 0 Å². The van der Waals surface area contributed by atoms with E-state index in [0.29, 0.717) is 27.4 Å². The van der Waals surface area contributed by atoms with Crippen molar-refractivity contribution in [2.24, 2.45) is 0 Å². The van der Waals surface area contributed by atoms with Crippen LogP contribution in [0.25, 0.3) is 22.1 Å². The van der Waals surface area contributed by atoms with E-state index in [2.05, 4.69) is 29.8 Å². The number of aromatic amines is 1. The number of hydrogen-bond acceptors (Lipinski definition) is 6. The van der Waals surface area contributed by atoms with Gasteiger partial charge in [0.25, 0.3) is 0 Å². The third-order valence-corrected chi connectivity index (χ3v) is 5.54. The van der Waals surface area contributed by atoms with Crippen LogP contribution in [0, 0.1) is 0 Å². The Bertz CT molecular complexity index is 1260. The van der Waals surface area contributed by atoms with Crippen LogP contribution in [0.1, 0.15) is 18.5 Å². The van der Waals surface area contributed by atoms with Gasteiger partial charge in [-0.1, -0.05) is 11.6 Å². The molecule has 11 heteroatoms. The fourth-order valence-electron chi connectivity index (χ4n) is 3.87. The lowest BCUT2D eigenvalue weighted by molar-refractivity contribution is -0.141. The molecule has 3 aromatic heterocycles. The summed E-state index contributed by atoms with van der Waals surface area (Å²) in [4.78, 5) is 21.6. The Morgan fingerprint density at radius 2 is 2.06 bits per heavy atom. The van der Waals surface area contributed by atoms with E-state index in [4.69, 9.17) is 16.3 Å². The lowest BCUT2D eigenvalue weighted by Crippen LogP contribution is -2.35. The largest absolute Gasteiger partial charge is 0.491 e. The predicted octanol–water partition coefficient (Wildman–Crippen LogP) is 4.62. The van der Waals surface area contributed by atoms with Crippen molar-refractivity contribution in [2.75, 3.05) is 18.1 Å². The molecule has 0 bridgehead atoms. The number of rotatable bonds is 4. The van der Waals surface area contributed by atoms with Crippen molar-refractivity contribution >= 4 is 39.5 Å². The third-order valence-electron chi connectivity index (χ3n) is 5.30. The second-order valence-corrected chi connectivity index (χ2v) is 7.70. The summed E-state index contributed by atoms with van der Waals surface area (Å²) in [6.45, 7) is 0.919. The molecule has 160 valence electrons. The molecule has 1 saturated heterocycles. The van der Waals surface area contributed by atoms with E-state index >= 15 is 0 Å². The number of nitrogens with one attached hydrogen (secondary N) is 1. The van der Waals surface area contributed by atoms with Crippen molar-refractivity contribution < 1.29 is 17.9 Å². The van der Waals surface area contributed by atoms with Crippen molar-refractivity contribution in [3.05, 3.63) is 47.6 Å². The summed E-state index contributed by atoms with van der Waals surface area (Å²) in [7, 11) is 0. The average Bonchev–Trinajstić information content (AvgIpc) is 3.40. The monoisotopic (exact) mass is 448 g/mol. The number of nitrogens with zero attached hydrogens (tertiary/aromatic N) is 5. The molecule has 1 fully saturated rings. The van der Waals surface area contributed by atoms with Gasteiger partial charge in [0.2, 0.25) is 0 Å². The third kappa shape index (κ3) is 3.71. The highest BCUT2D eigenvalue weighted by atomic mass is 35.5. The second kappa shape index (κ2) is 7.52. The molecular formula is C20H16ClF3N6O. The van der Waals surface area contributed by atoms with E-state index in [-0.39, 0.29) is 23.9 Å². The van der Waals surface area contributed by atoms with Crippen LogP contribution < -0.4 is 9.64 Å². The Kier molecular flexibility index (Phi) is 4.81. The molecule has 1 aliphatic rings. The summed E-state index contributed by atoms with van der Waals surface area (Å²) in [6, 6.07) is 5.37. The molecule has 1 atom stereocenters. The van der Waals surface area contributed by atoms with Gasteiger partial charge < -0.3 is 14.6 Å². The highest BCUT2D eigenvalue weighted by molar-refractivity contribution is 6.31. The Morgan fingerprint density at radius 3 is 2.90 bits per heavy atom. The Balaban J connectivity index is 1.46. The zero-order chi connectivity index (χ0) is 21.6. The van der Waals surface area contributed by atoms with E-state index in [0.717, 1.165) is 25.5 Å². The van der Waals surface area contributed by atoms with Crippen LogP contribution in [0.2, 0.25) is 5.02 Å². The fourth-order valence-corrected chi connectivity index (χ4v) is 4.04. The second-order valence-electron chi connectivity index (χ2n) is 7.26. The van der Waals surface area contributed by atoms with Gasteiger partial charge in [-0.2, -0.15) is 13.2 Å². The van der Waals surface area contributed by atoms with Gasteiger partial charge in [0.1, 0.15) is 29.9 Å². The van der Waals surface area contributed by atoms with E-state index in [1.165, 1.54) is 18.5 Å². The highest BCUT2D eigenvalue weighted by Crippen LogP contribution is 2.36. The molecule has 4 heterocycles. The molecule has 31 heavy (non-hydrogen) atoms. The zero-order valence-electron chi connectivity index (χ0n) is 16.0. The molecule has 0 unspecified atom stereocenters. The minimum absolute atomic E-state index is 0.0773. The first-order valence-electron chi connectivity index (χ1n) is 9.61. The minimum Gasteiger partial charge on any atom is -0.491 e. The van der Waals surface area contributed by atoms with Crippen molar-refractivity contribution in [1.82, 2.24) is 24.9 Å². The Labute approximate surface area is 179 Å². The molecule has 0 aliphatic carbocycles. The van der Waals surface area contributed by atoms with Crippen LogP contribution in [-0.2, 0) is 6.18 Å². The average molecular weight is 449 g/mol. The van der Waals surface area contributed by atoms with Crippen molar-refractivity contribution in [2.45, 2.75) is 25.1 Å². The van der Waals surface area contributed by atoms with Gasteiger partial charge in [-0.3, -0.25) is 0 Å². The molecule has 0 spiro atoms. The topological polar surface area (TPSA) is 79.8 Å². The normalized spacial score (nSPS) is 17.0. The summed E-state index contributed by atoms with van der Waals surface area (Å²) in [6.07, 6.45) is 0.139. The molecule has 0 radical (unpaired) electrons. The lowest BCUT2D eigenvalue weighted by Gasteiger charge is -2.26. The quantitative estimate of drug-likeness (QED) is 0.490. The first-order chi connectivity index (χ1) is 14.9. The van der Waals surface area contributed by atoms with Gasteiger partial charge in [-0.15, -0.1) is 0 Å². The van der Waals surface area contributed by atoms with Gasteiger partial charge in [0.05, 0.1) is 17.9 Å². The molecule has 0 saturated carbocycles. The molecular weight excluding hydrogens is 433 g/mol. The maximum Gasteiger partial charge on any atom is 0.433 e. The number of aromatic nitrogens is 5. The standard InChI is InChI=1S/C20H16ClF3N6O/c21-11-3-4-14-13(6-11)15(7-16(29-14)20(22,23)24)31-8-12-2-1-5-30(12)19-17-18(26-9-25-17)27-10-28-19/h3-4,6-7,9-10,12H,1-2,5,8H2,(H,25,26,27,28)/t12-/m1/s1. The van der Waals surface area contributed by atoms with Crippen LogP contribution in [0.4, 0.5) is 19.0 Å². The van der Waals surface area contributed by atoms with Crippen molar-refractivity contribution in [3.63, 3.8) is 0 Å². The first-order valence-corrected chi connectivity index (χ1v) is 9.99. The number of anilines is 1. The van der Waals surface area contributed by atoms with E-state index in [1.54, 1.807) is 12.4 Å². The summed E-state index contributed by atoms with van der Waals surface area (Å²) in [5.74, 6) is 0.773. The van der Waals surface area contributed by atoms with Crippen molar-refractivity contribution in [3.8, 4) is 5.75 Å². The maximum atomic E-state index is 13.3. The number of imidazole rings is 1. The molecule has 1 aliphatic heterocycles. The number of halogens is 4. The van der Waals surface area contributed by atoms with Crippen LogP contribution in [0.5, 0.6) is 5.75 Å². The predicted molar refractivity (Wildman–Crippen MR) is 109 cm³/mol. The number of H-pyrrole nitrogens is 1. The summed E-state index contributed by atoms with van der Waals surface area (Å²) in [5, 5.41) is 0.824. The van der Waals surface area contributed by atoms with Gasteiger partial charge in [0.15, 0.2) is 11.5 Å². The molecule has 4 aromatic rings. The van der Waals surface area contributed by atoms with Gasteiger partial charge in [0, 0.05) is 23.0 Å². The molecule has 7 nitrogen and oxygen atoms in total. The number of ether oxygens (including phenoxy) is 1. The van der Waals surface area contributed by atoms with Crippen LogP contribution in [0.15, 0.2) is 36.9 Å². The summed E-state index contributed by atoms with van der Waals surface area (Å²) >= 11 is 6.06. The van der Waals surface area contributed by atoms with Crippen LogP contribution in [0.3, 0.4) is 0 Å². The Morgan fingerprint density at radius 1 is 1.19 bits per heavy atom. The van der Waals surface area contributed by atoms with E-state index in [1.807, 2.05) is 0 Å². The van der Waals surface area contributed by atoms with E-state index < -0.39 is 11.9 Å². The van der Waals surface area contributed by atoms with Gasteiger partial charge in [-0.05, 0) is 31.0 Å². The number of benzene rings is 1. The number of pyridine rings is 1. The fraction of sp³-hybridized carbons (Fsp3) is 0.300. The summed E-state index contributed by atoms with van der Waals surface area (Å²) < 4.78 is 46.0. The van der Waals surface area contributed by atoms with Gasteiger partial charge in [-0.25, -0.2) is 19.9 Å². The maximum absolute atomic E-state index is 13.3. The molecule has 5 rings (SSSR count). The first kappa shape index (κ1) is 19.8. The van der Waals surface area contributed by atoms with E-state index in [9.17, 15) is 13.2 Å². The zero-order valence-corrected chi connectivity index (χ0v) is 16.8.